The molecule has 1 aliphatic rings. The van der Waals surface area contributed by atoms with E-state index in [1.165, 1.54) is 0 Å². The molecule has 0 spiro atoms. The van der Waals surface area contributed by atoms with Gasteiger partial charge < -0.3 is 20.7 Å². The lowest BCUT2D eigenvalue weighted by Gasteiger charge is -2.31. The third kappa shape index (κ3) is 3.70. The van der Waals surface area contributed by atoms with Crippen molar-refractivity contribution in [3.63, 3.8) is 0 Å². The molecule has 134 valence electrons. The van der Waals surface area contributed by atoms with Gasteiger partial charge in [0.05, 0.1) is 18.7 Å². The lowest BCUT2D eigenvalue weighted by Crippen LogP contribution is -2.46. The highest BCUT2D eigenvalue weighted by molar-refractivity contribution is 7.80. The second-order valence-corrected chi connectivity index (χ2v) is 6.52. The van der Waals surface area contributed by atoms with Gasteiger partial charge in [-0.2, -0.15) is 0 Å². The number of hydrogen-bond acceptors (Lipinski definition) is 3. The Balaban J connectivity index is 1.98. The number of hydrogen-bond donors (Lipinski definition) is 3. The summed E-state index contributed by atoms with van der Waals surface area (Å²) in [6, 6.07) is 14.9. The first-order valence-electron chi connectivity index (χ1n) is 8.29. The van der Waals surface area contributed by atoms with Crippen LogP contribution >= 0.6 is 12.2 Å². The summed E-state index contributed by atoms with van der Waals surface area (Å²) in [7, 11) is 1.63. The largest absolute Gasteiger partial charge is 0.497 e. The van der Waals surface area contributed by atoms with Crippen molar-refractivity contribution in [3.8, 4) is 5.75 Å². The van der Waals surface area contributed by atoms with E-state index in [0.29, 0.717) is 10.7 Å². The predicted molar refractivity (Wildman–Crippen MR) is 107 cm³/mol. The monoisotopic (exact) mass is 367 g/mol. The van der Waals surface area contributed by atoms with Crippen LogP contribution < -0.4 is 20.7 Å². The van der Waals surface area contributed by atoms with Crippen LogP contribution in [0.5, 0.6) is 5.75 Å². The third-order valence-electron chi connectivity index (χ3n) is 4.33. The number of methoxy groups -OCH3 is 1. The number of anilines is 1. The normalized spacial score (nSPS) is 16.6. The Bertz CT molecular complexity index is 878. The molecule has 3 rings (SSSR count). The smallest absolute Gasteiger partial charge is 0.255 e. The number of ether oxygens (including phenoxy) is 1. The van der Waals surface area contributed by atoms with E-state index in [2.05, 4.69) is 16.0 Å². The van der Waals surface area contributed by atoms with E-state index >= 15 is 0 Å². The molecule has 0 unspecified atom stereocenters. The average molecular weight is 367 g/mol. The molecule has 3 N–H and O–H groups in total. The van der Waals surface area contributed by atoms with Crippen molar-refractivity contribution in [1.82, 2.24) is 10.6 Å². The summed E-state index contributed by atoms with van der Waals surface area (Å²) < 4.78 is 5.28. The molecule has 1 aliphatic heterocycles. The summed E-state index contributed by atoms with van der Waals surface area (Å²) in [4.78, 5) is 13.0. The Hall–Kier alpha value is -2.86. The van der Waals surface area contributed by atoms with E-state index in [-0.39, 0.29) is 11.9 Å². The zero-order valence-electron chi connectivity index (χ0n) is 14.9. The fourth-order valence-electron chi connectivity index (χ4n) is 3.05. The van der Waals surface area contributed by atoms with Crippen LogP contribution in [0, 0.1) is 6.92 Å². The Morgan fingerprint density at radius 2 is 1.88 bits per heavy atom. The first kappa shape index (κ1) is 17.9. The summed E-state index contributed by atoms with van der Waals surface area (Å²) in [6.45, 7) is 3.85. The Kier molecular flexibility index (Phi) is 5.23. The van der Waals surface area contributed by atoms with Crippen LogP contribution in [0.3, 0.4) is 0 Å². The molecule has 5 nitrogen and oxygen atoms in total. The number of allylic oxidation sites excluding steroid dienone is 1. The Morgan fingerprint density at radius 3 is 2.54 bits per heavy atom. The lowest BCUT2D eigenvalue weighted by molar-refractivity contribution is -0.113. The number of para-hydroxylation sites is 1. The highest BCUT2D eigenvalue weighted by Crippen LogP contribution is 2.31. The van der Waals surface area contributed by atoms with Crippen LogP contribution in [-0.2, 0) is 4.79 Å². The standard InChI is InChI=1S/C20H21N3O2S/c1-12-11-15(25-3)9-10-16(12)18-17(13(2)21-20(26)23-18)19(24)22-14-7-5-4-6-8-14/h4-11,18H,1-3H3,(H,22,24)(H2,21,23,26)/t18-/m1/s1. The summed E-state index contributed by atoms with van der Waals surface area (Å²) in [5.41, 5.74) is 4.09. The molecule has 6 heteroatoms. The molecule has 0 bridgehead atoms. The number of amides is 1. The van der Waals surface area contributed by atoms with E-state index in [1.54, 1.807) is 7.11 Å². The molecule has 2 aromatic rings. The zero-order valence-corrected chi connectivity index (χ0v) is 15.7. The van der Waals surface area contributed by atoms with Gasteiger partial charge in [-0.1, -0.05) is 24.3 Å². The van der Waals surface area contributed by atoms with Crippen LogP contribution in [0.25, 0.3) is 0 Å². The van der Waals surface area contributed by atoms with E-state index in [0.717, 1.165) is 28.3 Å². The molecule has 1 atom stereocenters. The molecule has 1 amide bonds. The fraction of sp³-hybridized carbons (Fsp3) is 0.200. The van der Waals surface area contributed by atoms with Gasteiger partial charge in [0.25, 0.3) is 5.91 Å². The van der Waals surface area contributed by atoms with Crippen molar-refractivity contribution in [3.05, 3.63) is 70.9 Å². The molecule has 0 aromatic heterocycles. The van der Waals surface area contributed by atoms with Gasteiger partial charge in [0.15, 0.2) is 5.11 Å². The molecule has 0 aliphatic carbocycles. The molecule has 0 radical (unpaired) electrons. The van der Waals surface area contributed by atoms with Crippen LogP contribution in [0.2, 0.25) is 0 Å². The molecule has 0 fully saturated rings. The van der Waals surface area contributed by atoms with Gasteiger partial charge in [-0.25, -0.2) is 0 Å². The first-order chi connectivity index (χ1) is 12.5. The highest BCUT2D eigenvalue weighted by atomic mass is 32.1. The SMILES string of the molecule is COc1ccc([C@H]2NC(=S)NC(C)=C2C(=O)Nc2ccccc2)c(C)c1. The summed E-state index contributed by atoms with van der Waals surface area (Å²) >= 11 is 5.31. The van der Waals surface area contributed by atoms with Crippen LogP contribution in [-0.4, -0.2) is 18.1 Å². The van der Waals surface area contributed by atoms with Crippen molar-refractivity contribution in [2.45, 2.75) is 19.9 Å². The Morgan fingerprint density at radius 1 is 1.15 bits per heavy atom. The number of aryl methyl sites for hydroxylation is 1. The van der Waals surface area contributed by atoms with Crippen molar-refractivity contribution in [1.29, 1.82) is 0 Å². The van der Waals surface area contributed by atoms with Crippen LogP contribution in [0.15, 0.2) is 59.8 Å². The van der Waals surface area contributed by atoms with E-state index in [1.807, 2.05) is 62.4 Å². The van der Waals surface area contributed by atoms with E-state index < -0.39 is 0 Å². The highest BCUT2D eigenvalue weighted by Gasteiger charge is 2.30. The minimum absolute atomic E-state index is 0.170. The molecular formula is C20H21N3O2S. The molecule has 0 saturated heterocycles. The second kappa shape index (κ2) is 7.58. The van der Waals surface area contributed by atoms with Gasteiger partial charge in [0.1, 0.15) is 5.75 Å². The van der Waals surface area contributed by atoms with Gasteiger partial charge in [0, 0.05) is 11.4 Å². The van der Waals surface area contributed by atoms with Crippen LogP contribution in [0.1, 0.15) is 24.1 Å². The third-order valence-corrected chi connectivity index (χ3v) is 4.55. The lowest BCUT2D eigenvalue weighted by atomic mass is 9.91. The van der Waals surface area contributed by atoms with Crippen LogP contribution in [0.4, 0.5) is 5.69 Å². The number of benzene rings is 2. The van der Waals surface area contributed by atoms with Crippen molar-refractivity contribution < 1.29 is 9.53 Å². The fourth-order valence-corrected chi connectivity index (χ4v) is 3.32. The number of rotatable bonds is 4. The quantitative estimate of drug-likeness (QED) is 0.723. The number of carbonyl (C=O) groups is 1. The predicted octanol–water partition coefficient (Wildman–Crippen LogP) is 3.44. The number of nitrogens with one attached hydrogen (secondary N) is 3. The minimum atomic E-state index is -0.335. The number of carbonyl (C=O) groups excluding carboxylic acids is 1. The maximum absolute atomic E-state index is 13.0. The van der Waals surface area contributed by atoms with Crippen molar-refractivity contribution in [2.24, 2.45) is 0 Å². The van der Waals surface area contributed by atoms with Gasteiger partial charge >= 0.3 is 0 Å². The van der Waals surface area contributed by atoms with Gasteiger partial charge in [-0.15, -0.1) is 0 Å². The van der Waals surface area contributed by atoms with Gasteiger partial charge in [-0.3, -0.25) is 4.79 Å². The van der Waals surface area contributed by atoms with Crippen molar-refractivity contribution >= 4 is 28.9 Å². The minimum Gasteiger partial charge on any atom is -0.497 e. The maximum atomic E-state index is 13.0. The van der Waals surface area contributed by atoms with E-state index in [4.69, 9.17) is 17.0 Å². The molecule has 26 heavy (non-hydrogen) atoms. The van der Waals surface area contributed by atoms with Gasteiger partial charge in [0.2, 0.25) is 0 Å². The van der Waals surface area contributed by atoms with Gasteiger partial charge in [-0.05, 0) is 61.5 Å². The molecule has 0 saturated carbocycles. The topological polar surface area (TPSA) is 62.4 Å². The maximum Gasteiger partial charge on any atom is 0.255 e. The zero-order chi connectivity index (χ0) is 18.7. The Labute approximate surface area is 158 Å². The second-order valence-electron chi connectivity index (χ2n) is 6.11. The summed E-state index contributed by atoms with van der Waals surface area (Å²) in [5, 5.41) is 9.72. The molecule has 1 heterocycles. The van der Waals surface area contributed by atoms with Crippen molar-refractivity contribution in [2.75, 3.05) is 12.4 Å². The average Bonchev–Trinajstić information content (AvgIpc) is 2.61. The summed E-state index contributed by atoms with van der Waals surface area (Å²) in [5.74, 6) is 0.607. The number of thiocarbonyl (C=S) groups is 1. The molecular weight excluding hydrogens is 346 g/mol. The first-order valence-corrected chi connectivity index (χ1v) is 8.69. The van der Waals surface area contributed by atoms with E-state index in [9.17, 15) is 4.79 Å². The summed E-state index contributed by atoms with van der Waals surface area (Å²) in [6.07, 6.45) is 0. The molecule has 2 aromatic carbocycles.